The van der Waals surface area contributed by atoms with Gasteiger partial charge < -0.3 is 15.6 Å². The molecule has 5 N–H and O–H groups in total. The summed E-state index contributed by atoms with van der Waals surface area (Å²) in [4.78, 5) is 0. The van der Waals surface area contributed by atoms with E-state index < -0.39 is 0 Å². The molecule has 1 aromatic carbocycles. The monoisotopic (exact) mass is 182 g/mol. The Bertz CT molecular complexity index is 276. The normalized spacial score (nSPS) is 10.0. The third-order valence-electron chi connectivity index (χ3n) is 1.71. The average Bonchev–Trinajstić information content (AvgIpc) is 2.10. The highest BCUT2D eigenvalue weighted by Crippen LogP contribution is 2.22. The van der Waals surface area contributed by atoms with Gasteiger partial charge in [-0.3, -0.25) is 5.73 Å². The Kier molecular flexibility index (Phi) is 3.54. The van der Waals surface area contributed by atoms with E-state index in [0.29, 0.717) is 17.9 Å². The molecule has 13 heavy (non-hydrogen) atoms. The molecule has 0 unspecified atom stereocenters. The first kappa shape index (κ1) is 9.83. The summed E-state index contributed by atoms with van der Waals surface area (Å²) < 4.78 is 5.06. The van der Waals surface area contributed by atoms with E-state index in [1.165, 1.54) is 0 Å². The highest BCUT2D eigenvalue weighted by molar-refractivity contribution is 5.54. The SMILES string of the molecule is NCOc1ccc(CCO)cc1N. The fourth-order valence-electron chi connectivity index (χ4n) is 1.10. The molecule has 0 radical (unpaired) electrons. The van der Waals surface area contributed by atoms with Gasteiger partial charge >= 0.3 is 0 Å². The first-order valence-corrected chi connectivity index (χ1v) is 4.10. The number of anilines is 1. The first-order valence-electron chi connectivity index (χ1n) is 4.10. The van der Waals surface area contributed by atoms with Gasteiger partial charge in [-0.15, -0.1) is 0 Å². The van der Waals surface area contributed by atoms with Crippen molar-refractivity contribution < 1.29 is 9.84 Å². The number of hydrogen-bond donors (Lipinski definition) is 3. The molecule has 0 spiro atoms. The minimum atomic E-state index is 0.115. The zero-order valence-electron chi connectivity index (χ0n) is 7.36. The second kappa shape index (κ2) is 4.69. The quantitative estimate of drug-likeness (QED) is 0.455. The number of ether oxygens (including phenoxy) is 1. The van der Waals surface area contributed by atoms with Crippen LogP contribution in [0.25, 0.3) is 0 Å². The minimum absolute atomic E-state index is 0.115. The van der Waals surface area contributed by atoms with E-state index in [4.69, 9.17) is 21.3 Å². The number of nitrogen functional groups attached to an aromatic ring is 1. The van der Waals surface area contributed by atoms with Crippen LogP contribution >= 0.6 is 0 Å². The molecular formula is C9H14N2O2. The summed E-state index contributed by atoms with van der Waals surface area (Å²) in [6.45, 7) is 0.236. The molecule has 0 amide bonds. The van der Waals surface area contributed by atoms with E-state index in [1.807, 2.05) is 6.07 Å². The molecule has 0 aromatic heterocycles. The summed E-state index contributed by atoms with van der Waals surface area (Å²) in [5, 5.41) is 8.69. The van der Waals surface area contributed by atoms with Gasteiger partial charge in [-0.2, -0.15) is 0 Å². The van der Waals surface area contributed by atoms with Gasteiger partial charge in [0.15, 0.2) is 0 Å². The van der Waals surface area contributed by atoms with Crippen molar-refractivity contribution in [3.8, 4) is 5.75 Å². The van der Waals surface area contributed by atoms with Gasteiger partial charge in [-0.05, 0) is 24.1 Å². The maximum Gasteiger partial charge on any atom is 0.144 e. The lowest BCUT2D eigenvalue weighted by Gasteiger charge is -2.07. The van der Waals surface area contributed by atoms with Crippen molar-refractivity contribution in [2.45, 2.75) is 6.42 Å². The number of hydrogen-bond acceptors (Lipinski definition) is 4. The summed E-state index contributed by atoms with van der Waals surface area (Å²) in [6.07, 6.45) is 0.604. The van der Waals surface area contributed by atoms with Crippen LogP contribution in [0, 0.1) is 0 Å². The van der Waals surface area contributed by atoms with Crippen LogP contribution in [0.4, 0.5) is 5.69 Å². The zero-order valence-corrected chi connectivity index (χ0v) is 7.36. The highest BCUT2D eigenvalue weighted by Gasteiger charge is 2.00. The van der Waals surface area contributed by atoms with Gasteiger partial charge in [0, 0.05) is 6.61 Å². The Labute approximate surface area is 77.1 Å². The Morgan fingerprint density at radius 2 is 2.15 bits per heavy atom. The van der Waals surface area contributed by atoms with E-state index in [2.05, 4.69) is 0 Å². The van der Waals surface area contributed by atoms with Gasteiger partial charge in [-0.25, -0.2) is 0 Å². The van der Waals surface area contributed by atoms with Crippen molar-refractivity contribution in [1.82, 2.24) is 0 Å². The maximum absolute atomic E-state index is 8.69. The van der Waals surface area contributed by atoms with E-state index in [-0.39, 0.29) is 13.3 Å². The third-order valence-corrected chi connectivity index (χ3v) is 1.71. The molecule has 0 aliphatic heterocycles. The summed E-state index contributed by atoms with van der Waals surface area (Å²) >= 11 is 0. The zero-order chi connectivity index (χ0) is 9.68. The number of nitrogens with two attached hydrogens (primary N) is 2. The minimum Gasteiger partial charge on any atom is -0.476 e. The lowest BCUT2D eigenvalue weighted by molar-refractivity contribution is 0.299. The van der Waals surface area contributed by atoms with Crippen molar-refractivity contribution in [2.75, 3.05) is 19.1 Å². The molecule has 4 heteroatoms. The van der Waals surface area contributed by atoms with Crippen LogP contribution in [0.2, 0.25) is 0 Å². The largest absolute Gasteiger partial charge is 0.476 e. The van der Waals surface area contributed by atoms with Gasteiger partial charge in [0.2, 0.25) is 0 Å². The van der Waals surface area contributed by atoms with Crippen molar-refractivity contribution >= 4 is 5.69 Å². The van der Waals surface area contributed by atoms with Gasteiger partial charge in [-0.1, -0.05) is 6.07 Å². The van der Waals surface area contributed by atoms with Crippen LogP contribution in [0.1, 0.15) is 5.56 Å². The molecular weight excluding hydrogens is 168 g/mol. The fraction of sp³-hybridized carbons (Fsp3) is 0.333. The smallest absolute Gasteiger partial charge is 0.144 e. The average molecular weight is 182 g/mol. The molecule has 0 saturated heterocycles. The molecule has 1 rings (SSSR count). The van der Waals surface area contributed by atoms with Crippen molar-refractivity contribution in [3.63, 3.8) is 0 Å². The predicted molar refractivity (Wildman–Crippen MR) is 51.3 cm³/mol. The second-order valence-corrected chi connectivity index (χ2v) is 2.66. The second-order valence-electron chi connectivity index (χ2n) is 2.66. The Morgan fingerprint density at radius 3 is 2.69 bits per heavy atom. The van der Waals surface area contributed by atoms with Crippen LogP contribution in [0.5, 0.6) is 5.75 Å². The molecule has 72 valence electrons. The van der Waals surface area contributed by atoms with Gasteiger partial charge in [0.1, 0.15) is 12.5 Å². The Balaban J connectivity index is 2.79. The highest BCUT2D eigenvalue weighted by atomic mass is 16.5. The summed E-state index contributed by atoms with van der Waals surface area (Å²) in [5.74, 6) is 0.587. The maximum atomic E-state index is 8.69. The molecule has 0 atom stereocenters. The van der Waals surface area contributed by atoms with E-state index in [0.717, 1.165) is 5.56 Å². The molecule has 0 aliphatic carbocycles. The molecule has 0 fully saturated rings. The van der Waals surface area contributed by atoms with E-state index in [1.54, 1.807) is 12.1 Å². The van der Waals surface area contributed by atoms with Crippen molar-refractivity contribution in [3.05, 3.63) is 23.8 Å². The summed E-state index contributed by atoms with van der Waals surface area (Å²) in [6, 6.07) is 5.39. The molecule has 0 saturated carbocycles. The molecule has 1 aromatic rings. The number of rotatable bonds is 4. The number of aliphatic hydroxyl groups excluding tert-OH is 1. The first-order chi connectivity index (χ1) is 6.27. The number of aliphatic hydroxyl groups is 1. The van der Waals surface area contributed by atoms with Crippen molar-refractivity contribution in [2.24, 2.45) is 5.73 Å². The van der Waals surface area contributed by atoms with Crippen LogP contribution in [0.15, 0.2) is 18.2 Å². The van der Waals surface area contributed by atoms with Crippen LogP contribution in [-0.2, 0) is 6.42 Å². The van der Waals surface area contributed by atoms with Gasteiger partial charge in [0.25, 0.3) is 0 Å². The molecule has 0 aliphatic rings. The van der Waals surface area contributed by atoms with Crippen LogP contribution < -0.4 is 16.2 Å². The van der Waals surface area contributed by atoms with E-state index in [9.17, 15) is 0 Å². The summed E-state index contributed by atoms with van der Waals surface area (Å²) in [5.41, 5.74) is 12.4. The van der Waals surface area contributed by atoms with E-state index >= 15 is 0 Å². The summed E-state index contributed by atoms with van der Waals surface area (Å²) in [7, 11) is 0. The molecule has 4 nitrogen and oxygen atoms in total. The molecule has 0 bridgehead atoms. The topological polar surface area (TPSA) is 81.5 Å². The third kappa shape index (κ3) is 2.61. The predicted octanol–water partition coefficient (Wildman–Crippen LogP) is 0.0986. The lowest BCUT2D eigenvalue weighted by Crippen LogP contribution is -2.08. The Hall–Kier alpha value is -1.26. The van der Waals surface area contributed by atoms with Gasteiger partial charge in [0.05, 0.1) is 5.69 Å². The lowest BCUT2D eigenvalue weighted by atomic mass is 10.1. The Morgan fingerprint density at radius 1 is 1.38 bits per heavy atom. The fourth-order valence-corrected chi connectivity index (χ4v) is 1.10. The van der Waals surface area contributed by atoms with Crippen LogP contribution in [-0.4, -0.2) is 18.4 Å². The van der Waals surface area contributed by atoms with Crippen molar-refractivity contribution in [1.29, 1.82) is 0 Å². The van der Waals surface area contributed by atoms with Crippen LogP contribution in [0.3, 0.4) is 0 Å². The number of benzene rings is 1. The molecule has 0 heterocycles. The standard InChI is InChI=1S/C9H14N2O2/c10-6-13-9-2-1-7(3-4-12)5-8(9)11/h1-2,5,12H,3-4,6,10-11H2.